The number of hydrogen-bond acceptors (Lipinski definition) is 4. The maximum Gasteiger partial charge on any atom is 0.308 e. The number of aromatic nitrogens is 2. The molecule has 1 aromatic rings. The van der Waals surface area contributed by atoms with Crippen LogP contribution < -0.4 is 5.45 Å². The quantitative estimate of drug-likeness (QED) is 0.618. The first kappa shape index (κ1) is 18.1. The van der Waals surface area contributed by atoms with Crippen molar-refractivity contribution in [2.75, 3.05) is 14.1 Å². The summed E-state index contributed by atoms with van der Waals surface area (Å²) < 4.78 is 27.5. The van der Waals surface area contributed by atoms with Gasteiger partial charge in [-0.2, -0.15) is 12.7 Å². The molecule has 0 atom stereocenters. The van der Waals surface area contributed by atoms with Gasteiger partial charge >= 0.3 is 10.2 Å². The molecule has 0 bridgehead atoms. The third kappa shape index (κ3) is 2.97. The van der Waals surface area contributed by atoms with E-state index in [1.807, 2.05) is 0 Å². The zero-order valence-corrected chi connectivity index (χ0v) is 15.9. The molecule has 0 aliphatic heterocycles. The summed E-state index contributed by atoms with van der Waals surface area (Å²) >= 11 is 0. The average molecular weight is 332 g/mol. The lowest BCUT2D eigenvalue weighted by Gasteiger charge is -2.36. The highest BCUT2D eigenvalue weighted by molar-refractivity contribution is 7.87. The van der Waals surface area contributed by atoms with Crippen molar-refractivity contribution < 1.29 is 13.2 Å². The summed E-state index contributed by atoms with van der Waals surface area (Å²) in [5.41, 5.74) is 0.623. The molecule has 0 aromatic carbocycles. The van der Waals surface area contributed by atoms with E-state index in [1.54, 1.807) is 0 Å². The van der Waals surface area contributed by atoms with Gasteiger partial charge < -0.3 is 0 Å². The van der Waals surface area contributed by atoms with Gasteiger partial charge in [0.2, 0.25) is 0 Å². The van der Waals surface area contributed by atoms with Crippen LogP contribution in [-0.4, -0.2) is 49.6 Å². The Kier molecular flexibility index (Phi) is 4.58. The fraction of sp³-hybridized carbons (Fsp3) is 0.692. The van der Waals surface area contributed by atoms with E-state index < -0.39 is 18.3 Å². The first-order valence-electron chi connectivity index (χ1n) is 6.76. The van der Waals surface area contributed by atoms with Crippen molar-refractivity contribution in [2.24, 2.45) is 0 Å². The molecular formula is C13H25N3O3SSi. The molecule has 0 saturated heterocycles. The molecule has 0 N–H and O–H groups in total. The molecule has 0 aliphatic carbocycles. The Hall–Kier alpha value is -0.993. The summed E-state index contributed by atoms with van der Waals surface area (Å²) in [4.78, 5) is 16.1. The largest absolute Gasteiger partial charge is 0.308 e. The highest BCUT2D eigenvalue weighted by atomic mass is 32.2. The fourth-order valence-electron chi connectivity index (χ4n) is 1.72. The summed E-state index contributed by atoms with van der Waals surface area (Å²) in [7, 11) is -3.09. The smallest absolute Gasteiger partial charge is 0.293 e. The number of carbonyl (C=O) groups is 1. The van der Waals surface area contributed by atoms with Crippen LogP contribution in [0.4, 0.5) is 0 Å². The lowest BCUT2D eigenvalue weighted by Crippen LogP contribution is -2.56. The number of carbonyl (C=O) groups excluding carboxylic acids is 1. The summed E-state index contributed by atoms with van der Waals surface area (Å²) in [5, 5.41) is -0.0913. The standard InChI is InChI=1S/C13H25N3O3SSi/c1-10(17)11-9-14-12(21(7,8)13(2,3)4)16(11)20(18,19)15(5)6/h9H,1-8H3. The Morgan fingerprint density at radius 1 is 1.29 bits per heavy atom. The molecule has 8 heteroatoms. The topological polar surface area (TPSA) is 72.3 Å². The summed E-state index contributed by atoms with van der Waals surface area (Å²) in [6.07, 6.45) is 1.37. The highest BCUT2D eigenvalue weighted by Gasteiger charge is 2.43. The zero-order chi connectivity index (χ0) is 16.8. The van der Waals surface area contributed by atoms with Crippen molar-refractivity contribution >= 4 is 29.5 Å². The second-order valence-electron chi connectivity index (χ2n) is 6.95. The first-order valence-corrected chi connectivity index (χ1v) is 11.2. The van der Waals surface area contributed by atoms with Crippen LogP contribution in [0, 0.1) is 0 Å². The van der Waals surface area contributed by atoms with Crippen LogP contribution in [0.5, 0.6) is 0 Å². The van der Waals surface area contributed by atoms with Crippen LogP contribution in [0.1, 0.15) is 38.2 Å². The molecule has 0 unspecified atom stereocenters. The minimum absolute atomic E-state index is 0.0913. The van der Waals surface area contributed by atoms with Gasteiger partial charge in [0.25, 0.3) is 0 Å². The number of rotatable bonds is 4. The monoisotopic (exact) mass is 331 g/mol. The molecule has 1 heterocycles. The molecule has 0 radical (unpaired) electrons. The Balaban J connectivity index is 3.78. The molecule has 1 rings (SSSR count). The molecule has 120 valence electrons. The molecule has 0 aliphatic rings. The normalized spacial score (nSPS) is 13.8. The van der Waals surface area contributed by atoms with Gasteiger partial charge in [-0.1, -0.05) is 33.9 Å². The molecule has 1 aromatic heterocycles. The maximum atomic E-state index is 12.6. The van der Waals surface area contributed by atoms with E-state index in [1.165, 1.54) is 27.2 Å². The lowest BCUT2D eigenvalue weighted by molar-refractivity contribution is 0.101. The Morgan fingerprint density at radius 2 is 1.76 bits per heavy atom. The number of hydrogen-bond donors (Lipinski definition) is 0. The van der Waals surface area contributed by atoms with Crippen LogP contribution >= 0.6 is 0 Å². The predicted octanol–water partition coefficient (Wildman–Crippen LogP) is 1.46. The van der Waals surface area contributed by atoms with Crippen molar-refractivity contribution in [2.45, 2.75) is 45.8 Å². The summed E-state index contributed by atoms with van der Waals surface area (Å²) in [6, 6.07) is 0. The van der Waals surface area contributed by atoms with Crippen LogP contribution in [0.3, 0.4) is 0 Å². The number of Topliss-reactive ketones (excluding diaryl/α,β-unsaturated/α-hetero) is 1. The zero-order valence-electron chi connectivity index (χ0n) is 14.1. The molecule has 21 heavy (non-hydrogen) atoms. The van der Waals surface area contributed by atoms with E-state index in [0.29, 0.717) is 5.45 Å². The second-order valence-corrected chi connectivity index (χ2v) is 14.1. The Labute approximate surface area is 128 Å². The number of ketones is 1. The Morgan fingerprint density at radius 3 is 2.10 bits per heavy atom. The molecule has 0 fully saturated rings. The van der Waals surface area contributed by atoms with Gasteiger partial charge in [-0.3, -0.25) is 4.79 Å². The van der Waals surface area contributed by atoms with E-state index >= 15 is 0 Å². The van der Waals surface area contributed by atoms with E-state index in [9.17, 15) is 13.2 Å². The van der Waals surface area contributed by atoms with E-state index in [-0.39, 0.29) is 16.5 Å². The van der Waals surface area contributed by atoms with Crippen molar-refractivity contribution in [3.63, 3.8) is 0 Å². The molecule has 0 spiro atoms. The van der Waals surface area contributed by atoms with Gasteiger partial charge in [-0.15, -0.1) is 0 Å². The fourth-order valence-corrected chi connectivity index (χ4v) is 5.46. The SMILES string of the molecule is CC(=O)c1cnc([Si](C)(C)C(C)(C)C)n1S(=O)(=O)N(C)C. The van der Waals surface area contributed by atoms with Gasteiger partial charge in [-0.25, -0.2) is 8.96 Å². The minimum Gasteiger partial charge on any atom is -0.293 e. The van der Waals surface area contributed by atoms with E-state index in [0.717, 1.165) is 8.28 Å². The molecule has 0 saturated carbocycles. The van der Waals surface area contributed by atoms with Gasteiger partial charge in [0.1, 0.15) is 19.2 Å². The average Bonchev–Trinajstić information content (AvgIpc) is 2.72. The lowest BCUT2D eigenvalue weighted by atomic mass is 10.2. The number of nitrogens with zero attached hydrogens (tertiary/aromatic N) is 3. The molecule has 6 nitrogen and oxygen atoms in total. The second kappa shape index (κ2) is 5.33. The summed E-state index contributed by atoms with van der Waals surface area (Å²) in [6.45, 7) is 11.7. The summed E-state index contributed by atoms with van der Waals surface area (Å²) in [5.74, 6) is -0.308. The van der Waals surface area contributed by atoms with E-state index in [4.69, 9.17) is 0 Å². The predicted molar refractivity (Wildman–Crippen MR) is 87.1 cm³/mol. The van der Waals surface area contributed by atoms with Crippen molar-refractivity contribution in [1.29, 1.82) is 0 Å². The maximum absolute atomic E-state index is 12.6. The van der Waals surface area contributed by atoms with Crippen molar-refractivity contribution in [1.82, 2.24) is 13.3 Å². The third-order valence-corrected chi connectivity index (χ3v) is 11.3. The van der Waals surface area contributed by atoms with Gasteiger partial charge in [0.15, 0.2) is 5.78 Å². The van der Waals surface area contributed by atoms with Gasteiger partial charge in [0, 0.05) is 21.0 Å². The van der Waals surface area contributed by atoms with Crippen molar-refractivity contribution in [3.05, 3.63) is 11.9 Å². The Bertz CT molecular complexity index is 655. The van der Waals surface area contributed by atoms with Gasteiger partial charge in [-0.05, 0) is 5.04 Å². The minimum atomic E-state index is -3.78. The highest BCUT2D eigenvalue weighted by Crippen LogP contribution is 2.35. The van der Waals surface area contributed by atoms with Crippen molar-refractivity contribution in [3.8, 4) is 0 Å². The van der Waals surface area contributed by atoms with E-state index in [2.05, 4.69) is 38.8 Å². The first-order chi connectivity index (χ1) is 9.24. The molecule has 0 amide bonds. The molecular weight excluding hydrogens is 306 g/mol. The van der Waals surface area contributed by atoms with Crippen LogP contribution in [0.25, 0.3) is 0 Å². The third-order valence-electron chi connectivity index (χ3n) is 4.21. The van der Waals surface area contributed by atoms with Crippen LogP contribution in [0.2, 0.25) is 18.1 Å². The van der Waals surface area contributed by atoms with Crippen LogP contribution in [-0.2, 0) is 10.2 Å². The van der Waals surface area contributed by atoms with Gasteiger partial charge in [0.05, 0.1) is 6.20 Å². The number of imidazole rings is 1. The van der Waals surface area contributed by atoms with Crippen LogP contribution in [0.15, 0.2) is 6.20 Å².